The first kappa shape index (κ1) is 28.3. The van der Waals surface area contributed by atoms with E-state index in [1.54, 1.807) is 21.3 Å². The van der Waals surface area contributed by atoms with Gasteiger partial charge in [-0.15, -0.1) is 0 Å². The van der Waals surface area contributed by atoms with Crippen molar-refractivity contribution in [3.8, 4) is 0 Å². The molecule has 2 aliphatic heterocycles. The quantitative estimate of drug-likeness (QED) is 0.417. The van der Waals surface area contributed by atoms with Crippen molar-refractivity contribution < 1.29 is 7.59 Å². The predicted octanol–water partition coefficient (Wildman–Crippen LogP) is 5.36. The van der Waals surface area contributed by atoms with E-state index >= 15 is 0 Å². The Hall–Kier alpha value is -3.23. The van der Waals surface area contributed by atoms with Crippen LogP contribution in [0.2, 0.25) is 0 Å². The Kier molecular flexibility index (Phi) is 10.7. The molecule has 2 aromatic rings. The monoisotopic (exact) mass is 509 g/mol. The number of aliphatic imine (C=N–C) groups is 2. The second kappa shape index (κ2) is 13.9. The molecule has 0 aliphatic carbocycles. The number of anilines is 3. The molecule has 2 aliphatic rings. The van der Waals surface area contributed by atoms with Gasteiger partial charge in [-0.25, -0.2) is 4.98 Å². The number of pyridine rings is 1. The largest absolute Gasteiger partial charge is 0.388 e. The standard InChI is InChI=1S/C27H37N7.C2H6O.2H2/c1-19-16-22(12-13-24(19)33-14-7-6-8-15-33)31-27(29-5)32-26-21(3)20(2)18-34(26)25-11-9-10-23(30-25)17-28-4;1-3-2;;/h9-13,16,20,28H,3,6-8,14-15,17-18H2,1-2,4-5H3,(H,29,31);1-2H3;2*1H/b32-26+;;;/t20-;;;/m1.../s1. The Morgan fingerprint density at radius 3 is 2.57 bits per heavy atom. The highest BCUT2D eigenvalue weighted by molar-refractivity contribution is 6.17. The minimum Gasteiger partial charge on any atom is -0.388 e. The number of guanidine groups is 1. The number of aromatic nitrogens is 1. The van der Waals surface area contributed by atoms with Gasteiger partial charge < -0.3 is 25.2 Å². The third-order valence-corrected chi connectivity index (χ3v) is 6.59. The molecule has 8 nitrogen and oxygen atoms in total. The second-order valence-corrected chi connectivity index (χ2v) is 9.62. The van der Waals surface area contributed by atoms with E-state index in [2.05, 4.69) is 68.8 Å². The summed E-state index contributed by atoms with van der Waals surface area (Å²) in [7, 11) is 6.94. The molecule has 2 N–H and O–H groups in total. The number of nitrogens with zero attached hydrogens (tertiary/aromatic N) is 5. The molecule has 0 saturated carbocycles. The van der Waals surface area contributed by atoms with E-state index in [4.69, 9.17) is 9.98 Å². The fraction of sp³-hybridized carbons (Fsp3) is 0.483. The average Bonchev–Trinajstić information content (AvgIpc) is 3.18. The maximum Gasteiger partial charge on any atom is 0.224 e. The molecule has 0 unspecified atom stereocenters. The zero-order valence-electron chi connectivity index (χ0n) is 23.3. The van der Waals surface area contributed by atoms with Gasteiger partial charge in [0.1, 0.15) is 11.7 Å². The third-order valence-electron chi connectivity index (χ3n) is 6.59. The van der Waals surface area contributed by atoms with Crippen molar-refractivity contribution in [2.24, 2.45) is 15.9 Å². The zero-order chi connectivity index (χ0) is 26.8. The number of benzene rings is 1. The van der Waals surface area contributed by atoms with Gasteiger partial charge in [0, 0.05) is 67.6 Å². The topological polar surface area (TPSA) is 77.4 Å². The summed E-state index contributed by atoms with van der Waals surface area (Å²) >= 11 is 0. The van der Waals surface area contributed by atoms with Gasteiger partial charge in [-0.05, 0) is 74.7 Å². The molecule has 37 heavy (non-hydrogen) atoms. The Balaban J connectivity index is 0.00000145. The maximum absolute atomic E-state index is 4.91. The molecule has 0 bridgehead atoms. The molecule has 8 heteroatoms. The molecule has 1 aromatic carbocycles. The van der Waals surface area contributed by atoms with Crippen molar-refractivity contribution in [3.05, 3.63) is 59.8 Å². The summed E-state index contributed by atoms with van der Waals surface area (Å²) in [6.07, 6.45) is 3.88. The first-order valence-corrected chi connectivity index (χ1v) is 13.1. The Labute approximate surface area is 225 Å². The van der Waals surface area contributed by atoms with Gasteiger partial charge in [-0.3, -0.25) is 4.99 Å². The van der Waals surface area contributed by atoms with E-state index in [1.165, 1.54) is 30.5 Å². The number of rotatable bonds is 5. The van der Waals surface area contributed by atoms with Crippen LogP contribution in [0.1, 0.15) is 40.3 Å². The highest BCUT2D eigenvalue weighted by atomic mass is 16.4. The van der Waals surface area contributed by atoms with Crippen LogP contribution in [0.15, 0.2) is 58.5 Å². The average molecular weight is 510 g/mol. The van der Waals surface area contributed by atoms with Crippen molar-refractivity contribution in [1.29, 1.82) is 0 Å². The fourth-order valence-electron chi connectivity index (χ4n) is 4.68. The lowest BCUT2D eigenvalue weighted by Gasteiger charge is -2.30. The van der Waals surface area contributed by atoms with Crippen LogP contribution in [0, 0.1) is 12.8 Å². The normalized spacial score (nSPS) is 19.2. The second-order valence-electron chi connectivity index (χ2n) is 9.62. The highest BCUT2D eigenvalue weighted by Gasteiger charge is 2.31. The van der Waals surface area contributed by atoms with Crippen LogP contribution in [0.3, 0.4) is 0 Å². The number of hydrogen-bond donors (Lipinski definition) is 2. The molecule has 0 spiro atoms. The SMILES string of the molecule is C=C1/C(=N\C(=NC)Nc2ccc(N3CCCCC3)c(C)c2)N(c2cccc(CNC)n2)C[C@H]1C.COC.[HH].[HH]. The number of aryl methyl sites for hydroxylation is 1. The third kappa shape index (κ3) is 7.40. The van der Waals surface area contributed by atoms with Crippen molar-refractivity contribution in [1.82, 2.24) is 10.3 Å². The molecular weight excluding hydrogens is 462 g/mol. The summed E-state index contributed by atoms with van der Waals surface area (Å²) in [6, 6.07) is 12.6. The zero-order valence-corrected chi connectivity index (χ0v) is 23.3. The summed E-state index contributed by atoms with van der Waals surface area (Å²) in [5.74, 6) is 2.55. The van der Waals surface area contributed by atoms with Crippen LogP contribution in [0.25, 0.3) is 0 Å². The molecule has 0 amide bonds. The predicted molar refractivity (Wildman–Crippen MR) is 161 cm³/mol. The summed E-state index contributed by atoms with van der Waals surface area (Å²) < 4.78 is 4.25. The number of piperidine rings is 1. The Bertz CT molecular complexity index is 1120. The van der Waals surface area contributed by atoms with E-state index in [0.717, 1.165) is 54.8 Å². The van der Waals surface area contributed by atoms with Gasteiger partial charge in [-0.1, -0.05) is 19.6 Å². The van der Waals surface area contributed by atoms with E-state index in [1.807, 2.05) is 25.2 Å². The lowest BCUT2D eigenvalue weighted by molar-refractivity contribution is 0.277. The minimum atomic E-state index is 0. The van der Waals surface area contributed by atoms with Gasteiger partial charge in [0.25, 0.3) is 0 Å². The minimum absolute atomic E-state index is 0. The molecule has 1 aromatic heterocycles. The number of amidine groups is 1. The van der Waals surface area contributed by atoms with Gasteiger partial charge in [-0.2, -0.15) is 4.99 Å². The van der Waals surface area contributed by atoms with Gasteiger partial charge in [0.15, 0.2) is 0 Å². The van der Waals surface area contributed by atoms with Crippen molar-refractivity contribution in [2.45, 2.75) is 39.7 Å². The molecule has 2 saturated heterocycles. The summed E-state index contributed by atoms with van der Waals surface area (Å²) in [4.78, 5) is 18.8. The van der Waals surface area contributed by atoms with Gasteiger partial charge in [0.05, 0.1) is 5.69 Å². The number of nitrogens with one attached hydrogen (secondary N) is 2. The van der Waals surface area contributed by atoms with Crippen LogP contribution in [-0.4, -0.2) is 64.7 Å². The number of ether oxygens (including phenoxy) is 1. The molecule has 4 rings (SSSR count). The Morgan fingerprint density at radius 1 is 1.19 bits per heavy atom. The van der Waals surface area contributed by atoms with Crippen LogP contribution in [0.4, 0.5) is 17.2 Å². The molecule has 2 fully saturated rings. The van der Waals surface area contributed by atoms with Gasteiger partial charge in [0.2, 0.25) is 5.96 Å². The lowest BCUT2D eigenvalue weighted by atomic mass is 10.1. The van der Waals surface area contributed by atoms with Crippen molar-refractivity contribution in [2.75, 3.05) is 63.1 Å². The maximum atomic E-state index is 4.91. The fourth-order valence-corrected chi connectivity index (χ4v) is 4.68. The van der Waals surface area contributed by atoms with Crippen molar-refractivity contribution in [3.63, 3.8) is 0 Å². The Morgan fingerprint density at radius 2 is 1.92 bits per heavy atom. The number of hydrogen-bond acceptors (Lipinski definition) is 5. The van der Waals surface area contributed by atoms with E-state index in [-0.39, 0.29) is 8.77 Å². The van der Waals surface area contributed by atoms with Crippen LogP contribution < -0.4 is 20.4 Å². The molecule has 1 atom stereocenters. The van der Waals surface area contributed by atoms with E-state index in [0.29, 0.717) is 5.96 Å². The molecular formula is C29H47N7O. The highest BCUT2D eigenvalue weighted by Crippen LogP contribution is 2.29. The van der Waals surface area contributed by atoms with Crippen molar-refractivity contribution >= 4 is 29.0 Å². The first-order chi connectivity index (χ1) is 17.9. The van der Waals surface area contributed by atoms with E-state index in [9.17, 15) is 0 Å². The van der Waals surface area contributed by atoms with Crippen LogP contribution >= 0.6 is 0 Å². The molecule has 0 radical (unpaired) electrons. The van der Waals surface area contributed by atoms with Crippen LogP contribution in [0.5, 0.6) is 0 Å². The van der Waals surface area contributed by atoms with Gasteiger partial charge >= 0.3 is 0 Å². The number of methoxy groups -OCH3 is 1. The van der Waals surface area contributed by atoms with Crippen LogP contribution in [-0.2, 0) is 11.3 Å². The lowest BCUT2D eigenvalue weighted by Crippen LogP contribution is -2.30. The molecule has 204 valence electrons. The summed E-state index contributed by atoms with van der Waals surface area (Å²) in [5, 5.41) is 6.58. The summed E-state index contributed by atoms with van der Waals surface area (Å²) in [5.41, 5.74) is 5.57. The summed E-state index contributed by atoms with van der Waals surface area (Å²) in [6.45, 7) is 12.5. The smallest absolute Gasteiger partial charge is 0.224 e. The first-order valence-electron chi connectivity index (χ1n) is 13.1. The molecule has 3 heterocycles. The van der Waals surface area contributed by atoms with E-state index < -0.39 is 0 Å².